The summed E-state index contributed by atoms with van der Waals surface area (Å²) in [5, 5.41) is 0. The first-order valence-electron chi connectivity index (χ1n) is 7.68. The summed E-state index contributed by atoms with van der Waals surface area (Å²) in [6.07, 6.45) is -0.199. The highest BCUT2D eigenvalue weighted by molar-refractivity contribution is 7.86. The minimum Gasteiger partial charge on any atom is -0.304 e. The van der Waals surface area contributed by atoms with Gasteiger partial charge in [-0.3, -0.25) is 13.8 Å². The number of ketones is 1. The number of carbonyl (C=O) groups is 2. The molecule has 1 heterocycles. The van der Waals surface area contributed by atoms with Crippen molar-refractivity contribution in [2.45, 2.75) is 19.6 Å². The Hall–Kier alpha value is -2.51. The van der Waals surface area contributed by atoms with Crippen LogP contribution in [0, 0.1) is 0 Å². The van der Waals surface area contributed by atoms with Crippen LogP contribution in [0.1, 0.15) is 33.2 Å². The molecule has 0 aliphatic carbocycles. The summed E-state index contributed by atoms with van der Waals surface area (Å²) in [4.78, 5) is 26.3. The van der Waals surface area contributed by atoms with Gasteiger partial charge in [-0.1, -0.05) is 18.2 Å². The quantitative estimate of drug-likeness (QED) is 0.605. The maximum atomic E-state index is 12.5. The van der Waals surface area contributed by atoms with Crippen molar-refractivity contribution in [3.8, 4) is 0 Å². The predicted octanol–water partition coefficient (Wildman–Crippen LogP) is 2.39. The Labute approximate surface area is 146 Å². The van der Waals surface area contributed by atoms with Crippen LogP contribution >= 0.6 is 0 Å². The number of rotatable bonds is 5. The Morgan fingerprint density at radius 3 is 2.36 bits per heavy atom. The average molecular weight is 359 g/mol. The largest absolute Gasteiger partial charge is 0.304 e. The van der Waals surface area contributed by atoms with Gasteiger partial charge in [0.05, 0.1) is 12.8 Å². The van der Waals surface area contributed by atoms with Crippen molar-refractivity contribution in [2.24, 2.45) is 0 Å². The highest BCUT2D eigenvalue weighted by atomic mass is 32.2. The summed E-state index contributed by atoms with van der Waals surface area (Å²) in [5.41, 5.74) is 2.64. The van der Waals surface area contributed by atoms with Crippen LogP contribution in [0.4, 0.5) is 5.69 Å². The molecule has 1 aliphatic heterocycles. The van der Waals surface area contributed by atoms with Crippen LogP contribution in [-0.4, -0.2) is 32.5 Å². The van der Waals surface area contributed by atoms with E-state index < -0.39 is 22.0 Å². The first kappa shape index (κ1) is 17.3. The third-order valence-electron chi connectivity index (χ3n) is 3.97. The smallest absolute Gasteiger partial charge is 0.265 e. The molecule has 1 atom stereocenters. The van der Waals surface area contributed by atoms with Crippen molar-refractivity contribution in [2.75, 3.05) is 11.2 Å². The van der Waals surface area contributed by atoms with Crippen molar-refractivity contribution in [1.82, 2.24) is 0 Å². The zero-order valence-electron chi connectivity index (χ0n) is 13.8. The minimum atomic E-state index is -3.71. The number of Topliss-reactive ketones (excluding diaryl/α,β-unsaturated/α-hetero) is 1. The molecule has 1 aliphatic rings. The fourth-order valence-electron chi connectivity index (χ4n) is 2.81. The van der Waals surface area contributed by atoms with Crippen LogP contribution in [0.3, 0.4) is 0 Å². The molecule has 2 aromatic carbocycles. The first-order valence-corrected chi connectivity index (χ1v) is 9.50. The van der Waals surface area contributed by atoms with E-state index in [2.05, 4.69) is 0 Å². The van der Waals surface area contributed by atoms with Gasteiger partial charge in [0.1, 0.15) is 6.10 Å². The van der Waals surface area contributed by atoms with E-state index in [1.165, 1.54) is 6.92 Å². The minimum absolute atomic E-state index is 0.0801. The van der Waals surface area contributed by atoms with Gasteiger partial charge in [-0.2, -0.15) is 8.42 Å². The second kappa shape index (κ2) is 6.42. The Morgan fingerprint density at radius 1 is 1.12 bits per heavy atom. The highest BCUT2D eigenvalue weighted by Crippen LogP contribution is 2.28. The topological polar surface area (TPSA) is 80.8 Å². The summed E-state index contributed by atoms with van der Waals surface area (Å²) in [6, 6.07) is 13.9. The van der Waals surface area contributed by atoms with E-state index in [1.54, 1.807) is 35.2 Å². The number of hydrogen-bond acceptors (Lipinski definition) is 5. The SMILES string of the molecule is CC(OS(C)(=O)=O)C(=O)c1ccc(N2Cc3ccccc3C2=O)cc1. The molecule has 7 heteroatoms. The summed E-state index contributed by atoms with van der Waals surface area (Å²) in [7, 11) is -3.71. The molecule has 3 rings (SSSR count). The fraction of sp³-hybridized carbons (Fsp3) is 0.222. The summed E-state index contributed by atoms with van der Waals surface area (Å²) < 4.78 is 27.0. The van der Waals surface area contributed by atoms with E-state index in [-0.39, 0.29) is 5.91 Å². The van der Waals surface area contributed by atoms with Crippen LogP contribution in [0.2, 0.25) is 0 Å². The van der Waals surface area contributed by atoms with Crippen LogP contribution < -0.4 is 4.90 Å². The lowest BCUT2D eigenvalue weighted by atomic mass is 10.1. The molecule has 0 fully saturated rings. The second-order valence-corrected chi connectivity index (χ2v) is 7.50. The zero-order chi connectivity index (χ0) is 18.2. The molecule has 2 aromatic rings. The molecule has 6 nitrogen and oxygen atoms in total. The van der Waals surface area contributed by atoms with Gasteiger partial charge in [-0.25, -0.2) is 0 Å². The van der Waals surface area contributed by atoms with Crippen molar-refractivity contribution >= 4 is 27.5 Å². The van der Waals surface area contributed by atoms with Crippen molar-refractivity contribution in [3.05, 3.63) is 65.2 Å². The third kappa shape index (κ3) is 3.62. The van der Waals surface area contributed by atoms with Crippen LogP contribution in [0.15, 0.2) is 48.5 Å². The van der Waals surface area contributed by atoms with Gasteiger partial charge in [-0.05, 0) is 42.8 Å². The van der Waals surface area contributed by atoms with Gasteiger partial charge >= 0.3 is 0 Å². The van der Waals surface area contributed by atoms with Gasteiger partial charge in [0.25, 0.3) is 16.0 Å². The molecule has 25 heavy (non-hydrogen) atoms. The van der Waals surface area contributed by atoms with Crippen molar-refractivity contribution in [3.63, 3.8) is 0 Å². The molecule has 0 radical (unpaired) electrons. The lowest BCUT2D eigenvalue weighted by Gasteiger charge is -2.16. The third-order valence-corrected chi connectivity index (χ3v) is 4.61. The maximum absolute atomic E-state index is 12.5. The predicted molar refractivity (Wildman–Crippen MR) is 93.1 cm³/mol. The fourth-order valence-corrected chi connectivity index (χ4v) is 3.42. The Morgan fingerprint density at radius 2 is 1.76 bits per heavy atom. The van der Waals surface area contributed by atoms with Gasteiger partial charge in [0, 0.05) is 16.8 Å². The van der Waals surface area contributed by atoms with Gasteiger partial charge in [0.2, 0.25) is 0 Å². The number of amides is 1. The number of nitrogens with zero attached hydrogens (tertiary/aromatic N) is 1. The molecule has 0 bridgehead atoms. The Kier molecular flexibility index (Phi) is 4.45. The number of carbonyl (C=O) groups excluding carboxylic acids is 2. The lowest BCUT2D eigenvalue weighted by molar-refractivity contribution is 0.0827. The van der Waals surface area contributed by atoms with Crippen LogP contribution in [-0.2, 0) is 20.8 Å². The summed E-state index contributed by atoms with van der Waals surface area (Å²) in [6.45, 7) is 1.87. The van der Waals surface area contributed by atoms with Crippen LogP contribution in [0.5, 0.6) is 0 Å². The average Bonchev–Trinajstić information content (AvgIpc) is 2.90. The Balaban J connectivity index is 1.78. The normalized spacial score (nSPS) is 15.1. The van der Waals surface area contributed by atoms with E-state index in [4.69, 9.17) is 4.18 Å². The molecule has 1 amide bonds. The summed E-state index contributed by atoms with van der Waals surface area (Å²) >= 11 is 0. The molecule has 0 N–H and O–H groups in total. The molecule has 130 valence electrons. The van der Waals surface area contributed by atoms with Gasteiger partial charge in [0.15, 0.2) is 5.78 Å². The van der Waals surface area contributed by atoms with Crippen molar-refractivity contribution < 1.29 is 22.2 Å². The lowest BCUT2D eigenvalue weighted by Crippen LogP contribution is -2.25. The Bertz CT molecular complexity index is 934. The van der Waals surface area contributed by atoms with E-state index in [0.717, 1.165) is 11.8 Å². The van der Waals surface area contributed by atoms with Crippen LogP contribution in [0.25, 0.3) is 0 Å². The standard InChI is InChI=1S/C18H17NO5S/c1-12(24-25(2,22)23)17(20)13-7-9-15(10-8-13)19-11-14-5-3-4-6-16(14)18(19)21/h3-10,12H,11H2,1-2H3. The maximum Gasteiger partial charge on any atom is 0.265 e. The highest BCUT2D eigenvalue weighted by Gasteiger charge is 2.28. The van der Waals surface area contributed by atoms with E-state index in [0.29, 0.717) is 23.4 Å². The van der Waals surface area contributed by atoms with E-state index in [1.807, 2.05) is 18.2 Å². The number of hydrogen-bond donors (Lipinski definition) is 0. The molecule has 0 aromatic heterocycles. The molecule has 0 saturated heterocycles. The van der Waals surface area contributed by atoms with E-state index >= 15 is 0 Å². The van der Waals surface area contributed by atoms with Gasteiger partial charge in [-0.15, -0.1) is 0 Å². The zero-order valence-corrected chi connectivity index (χ0v) is 14.6. The van der Waals surface area contributed by atoms with Crippen molar-refractivity contribution in [1.29, 1.82) is 0 Å². The van der Waals surface area contributed by atoms with Gasteiger partial charge < -0.3 is 4.90 Å². The molecule has 0 spiro atoms. The second-order valence-electron chi connectivity index (χ2n) is 5.90. The van der Waals surface area contributed by atoms with E-state index in [9.17, 15) is 18.0 Å². The summed E-state index contributed by atoms with van der Waals surface area (Å²) in [5.74, 6) is -0.517. The number of anilines is 1. The first-order chi connectivity index (χ1) is 11.8. The molecule has 1 unspecified atom stereocenters. The number of fused-ring (bicyclic) bond motifs is 1. The molecular formula is C18H17NO5S. The molecular weight excluding hydrogens is 342 g/mol. The number of benzene rings is 2. The molecule has 0 saturated carbocycles. The monoisotopic (exact) mass is 359 g/mol.